The molecule has 0 aromatic heterocycles. The van der Waals surface area contributed by atoms with Gasteiger partial charge in [0.25, 0.3) is 0 Å². The molecule has 0 N–H and O–H groups in total. The summed E-state index contributed by atoms with van der Waals surface area (Å²) in [7, 11) is 5.88. The van der Waals surface area contributed by atoms with Crippen LogP contribution in [0.25, 0.3) is 0 Å². The van der Waals surface area contributed by atoms with Gasteiger partial charge in [-0.1, -0.05) is 120 Å². The SMILES string of the molecule is CC/C=C\C/C=C\C/C=C\C/C=C\CCCCCCC(=O)OC(COC(=O)CCCCCCC/C=C\CCCCC)COC(OCC[N+](C)(C)C)C(=O)[O-]. The Balaban J connectivity index is 4.56. The summed E-state index contributed by atoms with van der Waals surface area (Å²) in [5.74, 6) is -2.34. The topological polar surface area (TPSA) is 111 Å². The largest absolute Gasteiger partial charge is 0.545 e. The molecule has 2 unspecified atom stereocenters. The van der Waals surface area contributed by atoms with Crippen LogP contribution in [0.3, 0.4) is 0 Å². The van der Waals surface area contributed by atoms with Gasteiger partial charge in [-0.25, -0.2) is 0 Å². The highest BCUT2D eigenvalue weighted by Gasteiger charge is 2.21. The predicted octanol–water partition coefficient (Wildman–Crippen LogP) is 9.27. The Kier molecular flexibility index (Phi) is 34.9. The molecule has 0 saturated heterocycles. The maximum absolute atomic E-state index is 12.7. The molecule has 310 valence electrons. The lowest BCUT2D eigenvalue weighted by atomic mass is 10.1. The number of unbranched alkanes of at least 4 members (excludes halogenated alkanes) is 12. The van der Waals surface area contributed by atoms with Gasteiger partial charge in [0.15, 0.2) is 12.4 Å². The number of likely N-dealkylation sites (N-methyl/N-ethyl adjacent to an activating group) is 1. The van der Waals surface area contributed by atoms with Crippen molar-refractivity contribution in [1.29, 1.82) is 0 Å². The molecule has 0 rings (SSSR count). The molecule has 0 saturated carbocycles. The predicted molar refractivity (Wildman–Crippen MR) is 218 cm³/mol. The van der Waals surface area contributed by atoms with Crippen molar-refractivity contribution >= 4 is 17.9 Å². The number of nitrogens with zero attached hydrogens (tertiary/aromatic N) is 1. The van der Waals surface area contributed by atoms with Crippen LogP contribution in [0.5, 0.6) is 0 Å². The van der Waals surface area contributed by atoms with Crippen LogP contribution in [-0.2, 0) is 33.3 Å². The lowest BCUT2D eigenvalue weighted by Crippen LogP contribution is -2.44. The van der Waals surface area contributed by atoms with Gasteiger partial charge in [-0.15, -0.1) is 0 Å². The van der Waals surface area contributed by atoms with Crippen LogP contribution in [0.1, 0.15) is 149 Å². The summed E-state index contributed by atoms with van der Waals surface area (Å²) in [6, 6.07) is 0. The van der Waals surface area contributed by atoms with Crippen molar-refractivity contribution < 1.29 is 42.9 Å². The number of allylic oxidation sites excluding steroid dienone is 10. The van der Waals surface area contributed by atoms with Crippen molar-refractivity contribution in [2.24, 2.45) is 0 Å². The molecular weight excluding hydrogens is 682 g/mol. The quantitative estimate of drug-likeness (QED) is 0.0203. The maximum atomic E-state index is 12.7. The van der Waals surface area contributed by atoms with E-state index < -0.39 is 24.3 Å². The number of ether oxygens (including phenoxy) is 4. The van der Waals surface area contributed by atoms with Gasteiger partial charge in [0.2, 0.25) is 0 Å². The second kappa shape index (κ2) is 36.9. The highest BCUT2D eigenvalue weighted by Crippen LogP contribution is 2.12. The summed E-state index contributed by atoms with van der Waals surface area (Å²) in [6.07, 6.45) is 39.6. The van der Waals surface area contributed by atoms with Crippen molar-refractivity contribution in [2.75, 3.05) is 47.5 Å². The summed E-state index contributed by atoms with van der Waals surface area (Å²) in [4.78, 5) is 36.9. The zero-order valence-corrected chi connectivity index (χ0v) is 34.8. The summed E-state index contributed by atoms with van der Waals surface area (Å²) < 4.78 is 22.4. The second-order valence-corrected chi connectivity index (χ2v) is 14.9. The Morgan fingerprint density at radius 1 is 0.574 bits per heavy atom. The molecule has 0 aliphatic rings. The van der Waals surface area contributed by atoms with E-state index in [9.17, 15) is 19.5 Å². The minimum absolute atomic E-state index is 0.139. The summed E-state index contributed by atoms with van der Waals surface area (Å²) in [5, 5.41) is 11.7. The molecule has 0 fully saturated rings. The monoisotopic (exact) mass is 760 g/mol. The third-order valence-electron chi connectivity index (χ3n) is 8.50. The number of esters is 2. The van der Waals surface area contributed by atoms with E-state index in [0.29, 0.717) is 17.4 Å². The van der Waals surface area contributed by atoms with Crippen molar-refractivity contribution in [3.63, 3.8) is 0 Å². The van der Waals surface area contributed by atoms with Crippen LogP contribution in [0.4, 0.5) is 0 Å². The number of carboxylic acid groups (broad SMARTS) is 1. The van der Waals surface area contributed by atoms with Gasteiger partial charge in [0.05, 0.1) is 40.3 Å². The Morgan fingerprint density at radius 3 is 1.59 bits per heavy atom. The third-order valence-corrected chi connectivity index (χ3v) is 8.50. The molecule has 0 aliphatic carbocycles. The lowest BCUT2D eigenvalue weighted by Gasteiger charge is -2.26. The fraction of sp³-hybridized carbons (Fsp3) is 0.711. The smallest absolute Gasteiger partial charge is 0.306 e. The zero-order chi connectivity index (χ0) is 40.0. The first-order valence-electron chi connectivity index (χ1n) is 20.9. The van der Waals surface area contributed by atoms with E-state index in [1.54, 1.807) is 0 Å². The number of carbonyl (C=O) groups excluding carboxylic acids is 3. The maximum Gasteiger partial charge on any atom is 0.306 e. The van der Waals surface area contributed by atoms with Gasteiger partial charge in [-0.05, 0) is 77.0 Å². The van der Waals surface area contributed by atoms with Crippen LogP contribution >= 0.6 is 0 Å². The minimum Gasteiger partial charge on any atom is -0.545 e. The molecule has 9 heteroatoms. The van der Waals surface area contributed by atoms with E-state index in [2.05, 4.69) is 74.6 Å². The van der Waals surface area contributed by atoms with E-state index >= 15 is 0 Å². The summed E-state index contributed by atoms with van der Waals surface area (Å²) >= 11 is 0. The van der Waals surface area contributed by atoms with E-state index in [1.165, 1.54) is 25.7 Å². The fourth-order valence-corrected chi connectivity index (χ4v) is 5.22. The molecule has 0 aromatic rings. The van der Waals surface area contributed by atoms with Crippen LogP contribution < -0.4 is 5.11 Å². The number of aliphatic carboxylic acids is 1. The molecule has 0 radical (unpaired) electrons. The first kappa shape index (κ1) is 51.0. The zero-order valence-electron chi connectivity index (χ0n) is 34.8. The second-order valence-electron chi connectivity index (χ2n) is 14.9. The minimum atomic E-state index is -1.63. The Hall–Kier alpha value is -3.01. The van der Waals surface area contributed by atoms with Gasteiger partial charge in [0, 0.05) is 12.8 Å². The van der Waals surface area contributed by atoms with Crippen LogP contribution in [0, 0.1) is 0 Å². The van der Waals surface area contributed by atoms with Gasteiger partial charge >= 0.3 is 11.9 Å². The average molecular weight is 760 g/mol. The van der Waals surface area contributed by atoms with Gasteiger partial charge in [-0.2, -0.15) is 0 Å². The van der Waals surface area contributed by atoms with Gasteiger partial charge < -0.3 is 33.3 Å². The Labute approximate surface area is 329 Å². The number of carbonyl (C=O) groups is 3. The molecule has 2 atom stereocenters. The number of hydrogen-bond acceptors (Lipinski definition) is 8. The summed E-state index contributed by atoms with van der Waals surface area (Å²) in [6.45, 7) is 4.53. The molecule has 0 aromatic carbocycles. The fourth-order valence-electron chi connectivity index (χ4n) is 5.22. The molecule has 0 heterocycles. The number of rotatable bonds is 37. The molecule has 0 spiro atoms. The van der Waals surface area contributed by atoms with Crippen molar-refractivity contribution in [1.82, 2.24) is 0 Å². The Morgan fingerprint density at radius 2 is 1.06 bits per heavy atom. The van der Waals surface area contributed by atoms with Crippen molar-refractivity contribution in [3.05, 3.63) is 60.8 Å². The number of quaternary nitrogens is 1. The molecule has 9 nitrogen and oxygen atoms in total. The number of carboxylic acids is 1. The van der Waals surface area contributed by atoms with E-state index in [4.69, 9.17) is 18.9 Å². The van der Waals surface area contributed by atoms with Gasteiger partial charge in [-0.3, -0.25) is 9.59 Å². The van der Waals surface area contributed by atoms with Gasteiger partial charge in [0.1, 0.15) is 13.2 Å². The third kappa shape index (κ3) is 37.3. The van der Waals surface area contributed by atoms with E-state index in [0.717, 1.165) is 89.9 Å². The highest BCUT2D eigenvalue weighted by molar-refractivity contribution is 5.70. The molecule has 0 bridgehead atoms. The molecular formula is C45H77NO8. The van der Waals surface area contributed by atoms with Crippen molar-refractivity contribution in [2.45, 2.75) is 161 Å². The highest BCUT2D eigenvalue weighted by atomic mass is 16.7. The van der Waals surface area contributed by atoms with E-state index in [-0.39, 0.29) is 38.6 Å². The normalized spacial score (nSPS) is 13.6. The first-order chi connectivity index (χ1) is 26.1. The lowest BCUT2D eigenvalue weighted by molar-refractivity contribution is -0.870. The van der Waals surface area contributed by atoms with Crippen LogP contribution in [0.15, 0.2) is 60.8 Å². The standard InChI is InChI=1S/C45H77NO8/c1-6-8-10-12-14-16-18-20-21-22-23-24-26-28-30-32-34-36-43(48)54-41(40-53-45(44(49)50)51-38-37-46(3,4)5)39-52-42(47)35-33-31-29-27-25-19-17-15-13-11-9-7-2/h8,10,14-17,20-21,23-24,41,45H,6-7,9,11-13,18-19,22,25-40H2,1-5H3/b10-8-,16-14-,17-15-,21-20-,24-23-. The van der Waals surface area contributed by atoms with Crippen molar-refractivity contribution in [3.8, 4) is 0 Å². The molecule has 0 amide bonds. The summed E-state index contributed by atoms with van der Waals surface area (Å²) in [5.41, 5.74) is 0. The average Bonchev–Trinajstić information content (AvgIpc) is 3.12. The molecule has 54 heavy (non-hydrogen) atoms. The molecule has 0 aliphatic heterocycles. The number of hydrogen-bond donors (Lipinski definition) is 0. The van der Waals surface area contributed by atoms with Crippen LogP contribution in [-0.4, -0.2) is 82.3 Å². The van der Waals surface area contributed by atoms with Crippen LogP contribution in [0.2, 0.25) is 0 Å². The van der Waals surface area contributed by atoms with E-state index in [1.807, 2.05) is 21.1 Å². The Bertz CT molecular complexity index is 1070. The first-order valence-corrected chi connectivity index (χ1v) is 20.9.